The zero-order chi connectivity index (χ0) is 27.3. The van der Waals surface area contributed by atoms with Gasteiger partial charge in [-0.05, 0) is 0 Å². The zero-order valence-corrected chi connectivity index (χ0v) is 20.3. The lowest BCUT2D eigenvalue weighted by atomic mass is 10.1. The second-order valence-corrected chi connectivity index (χ2v) is 8.08. The molecule has 0 aliphatic carbocycles. The van der Waals surface area contributed by atoms with Gasteiger partial charge in [0.1, 0.15) is 0 Å². The average molecular weight is 588 g/mol. The molecule has 2 aromatic rings. The highest BCUT2D eigenvalue weighted by Gasteiger charge is 2.32. The summed E-state index contributed by atoms with van der Waals surface area (Å²) in [5.41, 5.74) is -3.68. The molecule has 2 rings (SSSR count). The number of hydrogen-bond acceptors (Lipinski definition) is 11. The standard InChI is InChI=1S/C17H10Cl4N4O11/c18-9-5-11(22(27)28)13(20)15(24(31)32)7(9)1-3-35-17(26)36-4-2-8-10(19)6-12(23(29)30)14(21)16(8)25(33)34/h5-6H,1-4H2. The van der Waals surface area contributed by atoms with Crippen molar-refractivity contribution in [3.8, 4) is 0 Å². The molecular weight excluding hydrogens is 578 g/mol. The summed E-state index contributed by atoms with van der Waals surface area (Å²) < 4.78 is 9.54. The van der Waals surface area contributed by atoms with Crippen LogP contribution in [0.4, 0.5) is 27.5 Å². The van der Waals surface area contributed by atoms with E-state index in [0.717, 1.165) is 12.1 Å². The predicted octanol–water partition coefficient (Wildman–Crippen LogP) is 5.87. The number of carbonyl (C=O) groups is 1. The van der Waals surface area contributed by atoms with Crippen LogP contribution < -0.4 is 0 Å². The largest absolute Gasteiger partial charge is 0.508 e. The normalized spacial score (nSPS) is 10.6. The molecule has 0 spiro atoms. The number of carbonyl (C=O) groups excluding carboxylic acids is 1. The molecule has 0 heterocycles. The van der Waals surface area contributed by atoms with E-state index in [2.05, 4.69) is 0 Å². The van der Waals surface area contributed by atoms with Crippen molar-refractivity contribution in [3.63, 3.8) is 0 Å². The van der Waals surface area contributed by atoms with Crippen LogP contribution in [0.3, 0.4) is 0 Å². The van der Waals surface area contributed by atoms with E-state index in [4.69, 9.17) is 55.9 Å². The SMILES string of the molecule is O=C(OCCc1c(Cl)cc([N+](=O)[O-])c(Cl)c1[N+](=O)[O-])OCCc1c(Cl)cc([N+](=O)[O-])c(Cl)c1[N+](=O)[O-]. The second kappa shape index (κ2) is 11.9. The maximum absolute atomic E-state index is 11.8. The minimum absolute atomic E-state index is 0.229. The Morgan fingerprint density at radius 1 is 0.667 bits per heavy atom. The Bertz CT molecular complexity index is 1190. The Hall–Kier alpha value is -3.53. The summed E-state index contributed by atoms with van der Waals surface area (Å²) in [6.45, 7) is -1.03. The molecule has 0 saturated carbocycles. The zero-order valence-electron chi connectivity index (χ0n) is 17.3. The van der Waals surface area contributed by atoms with Crippen LogP contribution >= 0.6 is 46.4 Å². The first-order valence-electron chi connectivity index (χ1n) is 9.16. The van der Waals surface area contributed by atoms with Crippen LogP contribution in [-0.2, 0) is 22.3 Å². The van der Waals surface area contributed by atoms with Gasteiger partial charge in [-0.3, -0.25) is 40.5 Å². The first-order valence-corrected chi connectivity index (χ1v) is 10.7. The Morgan fingerprint density at radius 3 is 1.28 bits per heavy atom. The number of ether oxygens (including phenoxy) is 2. The number of nitro groups is 4. The molecule has 0 aliphatic heterocycles. The molecule has 0 aromatic heterocycles. The number of benzene rings is 2. The number of hydrogen-bond donors (Lipinski definition) is 0. The van der Waals surface area contributed by atoms with Crippen molar-refractivity contribution in [2.24, 2.45) is 0 Å². The minimum atomic E-state index is -1.28. The van der Waals surface area contributed by atoms with E-state index in [-0.39, 0.29) is 34.0 Å². The van der Waals surface area contributed by atoms with Gasteiger partial charge in [-0.15, -0.1) is 0 Å². The van der Waals surface area contributed by atoms with Crippen molar-refractivity contribution in [2.45, 2.75) is 12.8 Å². The second-order valence-electron chi connectivity index (χ2n) is 6.51. The van der Waals surface area contributed by atoms with Crippen molar-refractivity contribution < 1.29 is 34.0 Å². The fourth-order valence-electron chi connectivity index (χ4n) is 2.91. The first kappa shape index (κ1) is 28.7. The summed E-state index contributed by atoms with van der Waals surface area (Å²) in [7, 11) is 0. The van der Waals surface area contributed by atoms with Gasteiger partial charge in [0.25, 0.3) is 22.7 Å². The van der Waals surface area contributed by atoms with Gasteiger partial charge in [0.05, 0.1) is 54.1 Å². The van der Waals surface area contributed by atoms with Gasteiger partial charge in [0.2, 0.25) is 0 Å². The van der Waals surface area contributed by atoms with Crippen molar-refractivity contribution in [3.05, 3.63) is 83.8 Å². The predicted molar refractivity (Wildman–Crippen MR) is 124 cm³/mol. The van der Waals surface area contributed by atoms with E-state index in [1.54, 1.807) is 0 Å². The lowest BCUT2D eigenvalue weighted by Crippen LogP contribution is -2.13. The van der Waals surface area contributed by atoms with E-state index in [1.165, 1.54) is 0 Å². The van der Waals surface area contributed by atoms with Crippen LogP contribution in [0.25, 0.3) is 0 Å². The van der Waals surface area contributed by atoms with Crippen molar-refractivity contribution >= 4 is 75.3 Å². The monoisotopic (exact) mass is 586 g/mol. The third-order valence-electron chi connectivity index (χ3n) is 4.44. The van der Waals surface area contributed by atoms with Crippen molar-refractivity contribution in [1.82, 2.24) is 0 Å². The molecule has 0 N–H and O–H groups in total. The van der Waals surface area contributed by atoms with Crippen LogP contribution in [0.1, 0.15) is 11.1 Å². The van der Waals surface area contributed by atoms with Gasteiger partial charge in [-0.2, -0.15) is 0 Å². The summed E-state index contributed by atoms with van der Waals surface area (Å²) in [6.07, 6.45) is -2.01. The van der Waals surface area contributed by atoms with E-state index < -0.39 is 71.9 Å². The topological polar surface area (TPSA) is 208 Å². The quantitative estimate of drug-likeness (QED) is 0.182. The molecule has 0 aliphatic rings. The lowest BCUT2D eigenvalue weighted by molar-refractivity contribution is -0.394. The molecule has 192 valence electrons. The Balaban J connectivity index is 2.07. The van der Waals surface area contributed by atoms with Crippen molar-refractivity contribution in [1.29, 1.82) is 0 Å². The summed E-state index contributed by atoms with van der Waals surface area (Å²) >= 11 is 23.3. The summed E-state index contributed by atoms with van der Waals surface area (Å²) in [5, 5.41) is 42.4. The Labute approximate surface area is 219 Å². The molecule has 2 aromatic carbocycles. The first-order chi connectivity index (χ1) is 16.8. The van der Waals surface area contributed by atoms with Crippen LogP contribution in [0.5, 0.6) is 0 Å². The molecular formula is C17H10Cl4N4O11. The fraction of sp³-hybridized carbons (Fsp3) is 0.235. The third kappa shape index (κ3) is 6.37. The maximum Gasteiger partial charge on any atom is 0.508 e. The molecule has 0 bridgehead atoms. The lowest BCUT2D eigenvalue weighted by Gasteiger charge is -2.10. The highest BCUT2D eigenvalue weighted by atomic mass is 35.5. The highest BCUT2D eigenvalue weighted by Crippen LogP contribution is 2.42. The number of rotatable bonds is 10. The minimum Gasteiger partial charge on any atom is -0.434 e. The summed E-state index contributed by atoms with van der Waals surface area (Å²) in [5.74, 6) is 0. The fourth-order valence-corrected chi connectivity index (χ4v) is 4.10. The van der Waals surface area contributed by atoms with Gasteiger partial charge >= 0.3 is 6.16 Å². The third-order valence-corrected chi connectivity index (χ3v) is 5.86. The molecule has 15 nitrogen and oxygen atoms in total. The molecule has 0 radical (unpaired) electrons. The molecule has 0 unspecified atom stereocenters. The van der Waals surface area contributed by atoms with E-state index in [9.17, 15) is 45.3 Å². The Kier molecular flexibility index (Phi) is 9.52. The summed E-state index contributed by atoms with van der Waals surface area (Å²) in [4.78, 5) is 52.6. The highest BCUT2D eigenvalue weighted by molar-refractivity contribution is 6.38. The van der Waals surface area contributed by atoms with Crippen LogP contribution in [-0.4, -0.2) is 39.1 Å². The van der Waals surface area contributed by atoms with Crippen molar-refractivity contribution in [2.75, 3.05) is 13.2 Å². The van der Waals surface area contributed by atoms with Gasteiger partial charge in [0, 0.05) is 25.0 Å². The molecule has 0 atom stereocenters. The summed E-state index contributed by atoms with van der Waals surface area (Å²) in [6, 6.07) is 1.63. The van der Waals surface area contributed by atoms with Gasteiger partial charge in [-0.1, -0.05) is 46.4 Å². The maximum atomic E-state index is 11.8. The molecule has 0 fully saturated rings. The van der Waals surface area contributed by atoms with Crippen LogP contribution in [0, 0.1) is 40.5 Å². The Morgan fingerprint density at radius 2 is 1.00 bits per heavy atom. The number of halogens is 4. The van der Waals surface area contributed by atoms with Gasteiger partial charge < -0.3 is 9.47 Å². The molecule has 0 saturated heterocycles. The van der Waals surface area contributed by atoms with Gasteiger partial charge in [-0.25, -0.2) is 4.79 Å². The number of nitro benzene ring substituents is 4. The smallest absolute Gasteiger partial charge is 0.434 e. The number of nitrogens with zero attached hydrogens (tertiary/aromatic N) is 4. The van der Waals surface area contributed by atoms with Crippen LogP contribution in [0.2, 0.25) is 20.1 Å². The van der Waals surface area contributed by atoms with E-state index in [1.807, 2.05) is 0 Å². The van der Waals surface area contributed by atoms with Gasteiger partial charge in [0.15, 0.2) is 10.0 Å². The molecule has 36 heavy (non-hydrogen) atoms. The average Bonchev–Trinajstić information content (AvgIpc) is 2.76. The van der Waals surface area contributed by atoms with E-state index in [0.29, 0.717) is 0 Å². The van der Waals surface area contributed by atoms with E-state index >= 15 is 0 Å². The van der Waals surface area contributed by atoms with Crippen LogP contribution in [0.15, 0.2) is 12.1 Å². The molecule has 19 heteroatoms. The molecule has 0 amide bonds.